The zero-order valence-corrected chi connectivity index (χ0v) is 14.8. The Morgan fingerprint density at radius 1 is 1.16 bits per heavy atom. The lowest BCUT2D eigenvalue weighted by atomic mass is 10.2. The average Bonchev–Trinajstić information content (AvgIpc) is 2.58. The highest BCUT2D eigenvalue weighted by atomic mass is 16.6. The maximum atomic E-state index is 11.9. The molecule has 0 radical (unpaired) electrons. The zero-order chi connectivity index (χ0) is 18.7. The second kappa shape index (κ2) is 10.9. The largest absolute Gasteiger partial charge is 0.490 e. The van der Waals surface area contributed by atoms with Gasteiger partial charge in [-0.05, 0) is 19.8 Å². The molecule has 0 aliphatic heterocycles. The molecule has 0 fully saturated rings. The molecular weight excluding hydrogens is 324 g/mol. The van der Waals surface area contributed by atoms with Crippen LogP contribution in [0.5, 0.6) is 11.5 Å². The molecule has 0 spiro atoms. The van der Waals surface area contributed by atoms with Crippen LogP contribution >= 0.6 is 0 Å². The number of carbonyl (C=O) groups is 1. The number of anilines is 1. The van der Waals surface area contributed by atoms with Crippen molar-refractivity contribution >= 4 is 17.3 Å². The van der Waals surface area contributed by atoms with E-state index in [1.807, 2.05) is 20.8 Å². The highest BCUT2D eigenvalue weighted by Gasteiger charge is 2.21. The Hall–Kier alpha value is -2.83. The maximum Gasteiger partial charge on any atom is 0.296 e. The Morgan fingerprint density at radius 2 is 1.76 bits per heavy atom. The van der Waals surface area contributed by atoms with Crippen molar-refractivity contribution in [3.8, 4) is 11.5 Å². The van der Waals surface area contributed by atoms with Gasteiger partial charge in [0.1, 0.15) is 5.69 Å². The van der Waals surface area contributed by atoms with Crippen molar-refractivity contribution in [3.05, 3.63) is 46.6 Å². The lowest BCUT2D eigenvalue weighted by Crippen LogP contribution is -2.11. The van der Waals surface area contributed by atoms with Gasteiger partial charge in [-0.15, -0.1) is 0 Å². The molecule has 0 saturated heterocycles. The van der Waals surface area contributed by atoms with E-state index in [1.165, 1.54) is 18.2 Å². The lowest BCUT2D eigenvalue weighted by Gasteiger charge is -2.14. The minimum atomic E-state index is -0.562. The van der Waals surface area contributed by atoms with E-state index in [0.717, 1.165) is 12.8 Å². The molecule has 0 aromatic heterocycles. The maximum absolute atomic E-state index is 11.9. The van der Waals surface area contributed by atoms with Crippen LogP contribution < -0.4 is 14.8 Å². The van der Waals surface area contributed by atoms with E-state index in [9.17, 15) is 14.9 Å². The van der Waals surface area contributed by atoms with Gasteiger partial charge in [0.2, 0.25) is 5.91 Å². The average molecular weight is 348 g/mol. The Kier molecular flexibility index (Phi) is 8.78. The van der Waals surface area contributed by atoms with Gasteiger partial charge in [-0.1, -0.05) is 32.1 Å². The van der Waals surface area contributed by atoms with Gasteiger partial charge in [-0.2, -0.15) is 0 Å². The highest BCUT2D eigenvalue weighted by molar-refractivity contribution is 6.01. The van der Waals surface area contributed by atoms with Crippen molar-refractivity contribution in [1.82, 2.24) is 0 Å². The van der Waals surface area contributed by atoms with Crippen LogP contribution in [0.4, 0.5) is 11.4 Å². The minimum absolute atomic E-state index is 0.0649. The summed E-state index contributed by atoms with van der Waals surface area (Å²) < 4.78 is 11.2. The van der Waals surface area contributed by atoms with E-state index in [0.29, 0.717) is 24.7 Å². The second-order valence-corrected chi connectivity index (χ2v) is 5.14. The SMILES string of the molecule is C/C=C/C=C/C(=O)Nc1cc(OCCC)c(OCCC)cc1[N+](=O)[O-]. The van der Waals surface area contributed by atoms with Crippen molar-refractivity contribution in [3.63, 3.8) is 0 Å². The predicted molar refractivity (Wildman–Crippen MR) is 97.3 cm³/mol. The van der Waals surface area contributed by atoms with Crippen molar-refractivity contribution in [2.75, 3.05) is 18.5 Å². The number of hydrogen-bond acceptors (Lipinski definition) is 5. The van der Waals surface area contributed by atoms with Gasteiger partial charge in [0.05, 0.1) is 24.2 Å². The van der Waals surface area contributed by atoms with E-state index in [4.69, 9.17) is 9.47 Å². The van der Waals surface area contributed by atoms with Crippen molar-refractivity contribution in [2.45, 2.75) is 33.6 Å². The number of nitro benzene ring substituents is 1. The molecule has 7 nitrogen and oxygen atoms in total. The monoisotopic (exact) mass is 348 g/mol. The summed E-state index contributed by atoms with van der Waals surface area (Å²) in [5.74, 6) is 0.197. The first kappa shape index (κ1) is 20.2. The Labute approximate surface area is 147 Å². The third-order valence-corrected chi connectivity index (χ3v) is 2.99. The number of nitrogens with one attached hydrogen (secondary N) is 1. The van der Waals surface area contributed by atoms with Crippen molar-refractivity contribution in [2.24, 2.45) is 0 Å². The highest BCUT2D eigenvalue weighted by Crippen LogP contribution is 2.38. The Morgan fingerprint density at radius 3 is 2.28 bits per heavy atom. The van der Waals surface area contributed by atoms with Gasteiger partial charge in [0.25, 0.3) is 5.69 Å². The lowest BCUT2D eigenvalue weighted by molar-refractivity contribution is -0.384. The molecule has 7 heteroatoms. The summed E-state index contributed by atoms with van der Waals surface area (Å²) in [7, 11) is 0. The molecule has 1 rings (SSSR count). The number of ether oxygens (including phenoxy) is 2. The summed E-state index contributed by atoms with van der Waals surface area (Å²) in [4.78, 5) is 22.7. The number of rotatable bonds is 10. The third kappa shape index (κ3) is 6.66. The van der Waals surface area contributed by atoms with E-state index < -0.39 is 10.8 Å². The first-order chi connectivity index (χ1) is 12.0. The molecule has 1 amide bonds. The fourth-order valence-electron chi connectivity index (χ4n) is 1.88. The van der Waals surface area contributed by atoms with Crippen LogP contribution in [0.2, 0.25) is 0 Å². The Balaban J connectivity index is 3.19. The topological polar surface area (TPSA) is 90.7 Å². The molecule has 1 N–H and O–H groups in total. The van der Waals surface area contributed by atoms with Crippen LogP contribution in [0.15, 0.2) is 36.4 Å². The van der Waals surface area contributed by atoms with Crippen LogP contribution in [0.3, 0.4) is 0 Å². The first-order valence-corrected chi connectivity index (χ1v) is 8.21. The molecule has 0 atom stereocenters. The molecule has 0 bridgehead atoms. The summed E-state index contributed by atoms with van der Waals surface area (Å²) in [6.45, 7) is 6.56. The number of nitrogens with zero attached hydrogens (tertiary/aromatic N) is 1. The molecule has 1 aromatic carbocycles. The summed E-state index contributed by atoms with van der Waals surface area (Å²) >= 11 is 0. The fourth-order valence-corrected chi connectivity index (χ4v) is 1.88. The standard InChI is InChI=1S/C18H24N2O5/c1-4-7-8-9-18(21)19-14-12-16(24-10-5-2)17(25-11-6-3)13-15(14)20(22)23/h4,7-9,12-13H,5-6,10-11H2,1-3H3,(H,19,21)/b7-4+,9-8+. The molecule has 25 heavy (non-hydrogen) atoms. The van der Waals surface area contributed by atoms with Gasteiger partial charge in [-0.25, -0.2) is 0 Å². The van der Waals surface area contributed by atoms with Gasteiger partial charge in [-0.3, -0.25) is 14.9 Å². The smallest absolute Gasteiger partial charge is 0.296 e. The molecule has 1 aromatic rings. The fraction of sp³-hybridized carbons (Fsp3) is 0.389. The summed E-state index contributed by atoms with van der Waals surface area (Å²) in [5, 5.41) is 13.9. The van der Waals surface area contributed by atoms with Gasteiger partial charge in [0, 0.05) is 12.1 Å². The molecule has 0 saturated carbocycles. The van der Waals surface area contributed by atoms with Crippen LogP contribution in [0, 0.1) is 10.1 Å². The Bertz CT molecular complexity index is 653. The van der Waals surface area contributed by atoms with Crippen LogP contribution in [0.25, 0.3) is 0 Å². The van der Waals surface area contributed by atoms with Crippen LogP contribution in [0.1, 0.15) is 33.6 Å². The number of amides is 1. The van der Waals surface area contributed by atoms with Gasteiger partial charge >= 0.3 is 0 Å². The van der Waals surface area contributed by atoms with Gasteiger partial charge < -0.3 is 14.8 Å². The molecule has 0 heterocycles. The van der Waals surface area contributed by atoms with E-state index in [2.05, 4.69) is 5.32 Å². The number of nitro groups is 1. The van der Waals surface area contributed by atoms with Crippen molar-refractivity contribution in [1.29, 1.82) is 0 Å². The summed E-state index contributed by atoms with van der Waals surface area (Å²) in [5.41, 5.74) is -0.183. The predicted octanol–water partition coefficient (Wildman–Crippen LogP) is 4.24. The van der Waals surface area contributed by atoms with E-state index in [-0.39, 0.29) is 11.4 Å². The molecule has 0 aliphatic carbocycles. The number of allylic oxidation sites excluding steroid dienone is 3. The summed E-state index contributed by atoms with van der Waals surface area (Å²) in [6, 6.07) is 2.71. The number of hydrogen-bond donors (Lipinski definition) is 1. The minimum Gasteiger partial charge on any atom is -0.490 e. The molecule has 0 unspecified atom stereocenters. The summed E-state index contributed by atoms with van der Waals surface area (Å²) in [6.07, 6.45) is 7.83. The van der Waals surface area contributed by atoms with E-state index in [1.54, 1.807) is 18.2 Å². The first-order valence-electron chi connectivity index (χ1n) is 8.21. The number of carbonyl (C=O) groups excluding carboxylic acids is 1. The van der Waals surface area contributed by atoms with Crippen LogP contribution in [-0.2, 0) is 4.79 Å². The van der Waals surface area contributed by atoms with Crippen molar-refractivity contribution < 1.29 is 19.2 Å². The quantitative estimate of drug-likeness (QED) is 0.295. The second-order valence-electron chi connectivity index (χ2n) is 5.14. The molecule has 0 aliphatic rings. The third-order valence-electron chi connectivity index (χ3n) is 2.99. The number of benzene rings is 1. The molecular formula is C18H24N2O5. The molecule has 136 valence electrons. The van der Waals surface area contributed by atoms with E-state index >= 15 is 0 Å². The normalized spacial score (nSPS) is 11.0. The zero-order valence-electron chi connectivity index (χ0n) is 14.8. The van der Waals surface area contributed by atoms with Crippen LogP contribution in [-0.4, -0.2) is 24.0 Å². The van der Waals surface area contributed by atoms with Gasteiger partial charge in [0.15, 0.2) is 11.5 Å².